The van der Waals surface area contributed by atoms with Gasteiger partial charge in [-0.1, -0.05) is 23.7 Å². The number of aromatic nitrogens is 8. The van der Waals surface area contributed by atoms with Crippen LogP contribution in [0.4, 0.5) is 0 Å². The van der Waals surface area contributed by atoms with E-state index in [-0.39, 0.29) is 6.10 Å². The normalized spacial score (nSPS) is 23.2. The Hall–Kier alpha value is -4.13. The molecule has 2 atom stereocenters. The zero-order valence-electron chi connectivity index (χ0n) is 25.5. The Morgan fingerprint density at radius 1 is 0.978 bits per heavy atom. The number of likely N-dealkylation sites (tertiary alicyclic amines) is 1. The van der Waals surface area contributed by atoms with Crippen LogP contribution in [0.25, 0.3) is 22.7 Å². The molecule has 1 saturated carbocycles. The van der Waals surface area contributed by atoms with E-state index in [1.807, 2.05) is 31.2 Å². The summed E-state index contributed by atoms with van der Waals surface area (Å²) < 4.78 is 20.8. The van der Waals surface area contributed by atoms with Gasteiger partial charge in [-0.05, 0) is 75.4 Å². The number of para-hydroxylation sites is 1. The SMILES string of the molecule is CC1(c2ccc(Cl)cn2)Oc2cccc(C3CCN(Cc4nc5cc(-c6nnc(C7CC7)[nH]6)nnc5n4CC4CCO4)CC3)c2O1. The maximum absolute atomic E-state index is 6.50. The molecular weight excluding hydrogens is 606 g/mol. The highest BCUT2D eigenvalue weighted by atomic mass is 35.5. The first-order valence-electron chi connectivity index (χ1n) is 16.1. The zero-order valence-corrected chi connectivity index (χ0v) is 26.3. The highest BCUT2D eigenvalue weighted by molar-refractivity contribution is 6.30. The van der Waals surface area contributed by atoms with Gasteiger partial charge in [-0.25, -0.2) is 4.98 Å². The molecule has 12 nitrogen and oxygen atoms in total. The number of hydrogen-bond donors (Lipinski definition) is 1. The molecule has 3 aliphatic heterocycles. The molecule has 7 heterocycles. The fraction of sp³-hybridized carbons (Fsp3) is 0.455. The number of aromatic amines is 1. The van der Waals surface area contributed by atoms with Gasteiger partial charge in [0.25, 0.3) is 5.79 Å². The van der Waals surface area contributed by atoms with Gasteiger partial charge in [-0.3, -0.25) is 9.88 Å². The summed E-state index contributed by atoms with van der Waals surface area (Å²) in [7, 11) is 0. The Labute approximate surface area is 270 Å². The average Bonchev–Trinajstić information content (AvgIpc) is 3.51. The number of nitrogens with one attached hydrogen (secondary N) is 1. The Balaban J connectivity index is 0.924. The molecule has 2 unspecified atom stereocenters. The number of pyridine rings is 1. The Bertz CT molecular complexity index is 1910. The number of piperidine rings is 1. The average molecular weight is 640 g/mol. The van der Waals surface area contributed by atoms with E-state index < -0.39 is 5.79 Å². The van der Waals surface area contributed by atoms with Crippen LogP contribution in [0.15, 0.2) is 42.6 Å². The second kappa shape index (κ2) is 11.0. The van der Waals surface area contributed by atoms with Gasteiger partial charge >= 0.3 is 0 Å². The molecular formula is C33H34ClN9O3. The van der Waals surface area contributed by atoms with E-state index in [2.05, 4.69) is 52.0 Å². The molecule has 1 aromatic carbocycles. The lowest BCUT2D eigenvalue weighted by Gasteiger charge is -2.33. The van der Waals surface area contributed by atoms with Crippen LogP contribution < -0.4 is 9.47 Å². The molecule has 4 aliphatic rings. The summed E-state index contributed by atoms with van der Waals surface area (Å²) in [5.74, 6) is 3.97. The number of hydrogen-bond acceptors (Lipinski definition) is 10. The van der Waals surface area contributed by atoms with E-state index in [9.17, 15) is 0 Å². The van der Waals surface area contributed by atoms with Gasteiger partial charge in [0.2, 0.25) is 0 Å². The van der Waals surface area contributed by atoms with Gasteiger partial charge < -0.3 is 23.8 Å². The van der Waals surface area contributed by atoms with Crippen molar-refractivity contribution in [3.05, 3.63) is 70.5 Å². The van der Waals surface area contributed by atoms with E-state index >= 15 is 0 Å². The topological polar surface area (TPSA) is 129 Å². The van der Waals surface area contributed by atoms with Crippen LogP contribution in [-0.4, -0.2) is 70.6 Å². The maximum atomic E-state index is 6.50. The number of ether oxygens (including phenoxy) is 3. The molecule has 46 heavy (non-hydrogen) atoms. The second-order valence-electron chi connectivity index (χ2n) is 12.9. The minimum atomic E-state index is -0.997. The first-order chi connectivity index (χ1) is 22.5. The first kappa shape index (κ1) is 28.1. The molecule has 4 aromatic heterocycles. The highest BCUT2D eigenvalue weighted by Gasteiger charge is 2.42. The molecule has 0 amide bonds. The van der Waals surface area contributed by atoms with E-state index in [0.29, 0.717) is 34.1 Å². The Kier molecular flexibility index (Phi) is 6.72. The predicted molar refractivity (Wildman–Crippen MR) is 169 cm³/mol. The largest absolute Gasteiger partial charge is 0.443 e. The Morgan fingerprint density at radius 2 is 1.85 bits per heavy atom. The lowest BCUT2D eigenvalue weighted by molar-refractivity contribution is -0.0722. The number of halogens is 1. The molecule has 0 bridgehead atoms. The fourth-order valence-electron chi connectivity index (χ4n) is 6.78. The third-order valence-corrected chi connectivity index (χ3v) is 9.88. The van der Waals surface area contributed by atoms with Crippen molar-refractivity contribution < 1.29 is 14.2 Å². The summed E-state index contributed by atoms with van der Waals surface area (Å²) in [5.41, 5.74) is 4.12. The van der Waals surface area contributed by atoms with Crippen LogP contribution in [0.1, 0.15) is 73.8 Å². The predicted octanol–water partition coefficient (Wildman–Crippen LogP) is 5.35. The summed E-state index contributed by atoms with van der Waals surface area (Å²) >= 11 is 6.07. The van der Waals surface area contributed by atoms with E-state index in [1.165, 1.54) is 5.56 Å². The molecule has 9 rings (SSSR count). The molecule has 0 spiro atoms. The van der Waals surface area contributed by atoms with Crippen LogP contribution in [0.5, 0.6) is 11.5 Å². The number of fused-ring (bicyclic) bond motifs is 2. The van der Waals surface area contributed by atoms with Gasteiger partial charge in [-0.2, -0.15) is 0 Å². The molecule has 0 radical (unpaired) electrons. The van der Waals surface area contributed by atoms with Crippen molar-refractivity contribution in [2.24, 2.45) is 0 Å². The second-order valence-corrected chi connectivity index (χ2v) is 13.4. The maximum Gasteiger partial charge on any atom is 0.292 e. The van der Waals surface area contributed by atoms with Gasteiger partial charge in [0, 0.05) is 31.2 Å². The van der Waals surface area contributed by atoms with Crippen LogP contribution >= 0.6 is 11.6 Å². The summed E-state index contributed by atoms with van der Waals surface area (Å²) in [6.07, 6.45) is 7.15. The quantitative estimate of drug-likeness (QED) is 0.237. The third kappa shape index (κ3) is 5.08. The van der Waals surface area contributed by atoms with Crippen LogP contribution in [0, 0.1) is 0 Å². The molecule has 3 fully saturated rings. The minimum absolute atomic E-state index is 0.176. The van der Waals surface area contributed by atoms with E-state index in [1.54, 1.807) is 6.20 Å². The molecule has 2 saturated heterocycles. The molecule has 1 N–H and O–H groups in total. The van der Waals surface area contributed by atoms with Crippen molar-refractivity contribution in [1.82, 2.24) is 44.8 Å². The third-order valence-electron chi connectivity index (χ3n) is 9.66. The van der Waals surface area contributed by atoms with Crippen molar-refractivity contribution in [3.8, 4) is 23.0 Å². The summed E-state index contributed by atoms with van der Waals surface area (Å²) in [5, 5.41) is 18.4. The zero-order chi connectivity index (χ0) is 30.8. The first-order valence-corrected chi connectivity index (χ1v) is 16.5. The number of H-pyrrole nitrogens is 1. The van der Waals surface area contributed by atoms with E-state index in [0.717, 1.165) is 99.2 Å². The standard InChI is InChI=1S/C33H34ClN9O3/c1-33(27-8-7-21(34)16-35-27)45-26-4-2-3-23(29(26)46-33)19-9-12-42(13-10-19)18-28-36-25-15-24(31-37-30(39-40-31)20-5-6-20)38-41-32(25)43(28)17-22-11-14-44-22/h2-4,7-8,15-16,19-20,22H,5-6,9-14,17-18H2,1H3,(H,37,39,40). The van der Waals surface area contributed by atoms with Crippen molar-refractivity contribution in [2.75, 3.05) is 19.7 Å². The smallest absolute Gasteiger partial charge is 0.292 e. The van der Waals surface area contributed by atoms with Gasteiger partial charge in [0.1, 0.15) is 28.6 Å². The van der Waals surface area contributed by atoms with E-state index in [4.69, 9.17) is 30.8 Å². The lowest BCUT2D eigenvalue weighted by atomic mass is 9.88. The van der Waals surface area contributed by atoms with Crippen LogP contribution in [0.2, 0.25) is 5.02 Å². The summed E-state index contributed by atoms with van der Waals surface area (Å²) in [6.45, 7) is 6.03. The molecule has 5 aromatic rings. The van der Waals surface area contributed by atoms with Gasteiger partial charge in [0.05, 0.1) is 24.2 Å². The van der Waals surface area contributed by atoms with Crippen molar-refractivity contribution in [3.63, 3.8) is 0 Å². The number of rotatable bonds is 8. The molecule has 1 aliphatic carbocycles. The van der Waals surface area contributed by atoms with Crippen molar-refractivity contribution in [2.45, 2.75) is 75.8 Å². The number of nitrogens with zero attached hydrogens (tertiary/aromatic N) is 8. The number of imidazole rings is 1. The monoisotopic (exact) mass is 639 g/mol. The minimum Gasteiger partial charge on any atom is -0.443 e. The molecule has 236 valence electrons. The van der Waals surface area contributed by atoms with Crippen molar-refractivity contribution >= 4 is 22.8 Å². The Morgan fingerprint density at radius 3 is 2.61 bits per heavy atom. The summed E-state index contributed by atoms with van der Waals surface area (Å²) in [4.78, 5) is 15.4. The fourth-order valence-corrected chi connectivity index (χ4v) is 6.90. The van der Waals surface area contributed by atoms with Crippen LogP contribution in [-0.2, 0) is 23.6 Å². The highest BCUT2D eigenvalue weighted by Crippen LogP contribution is 2.49. The van der Waals surface area contributed by atoms with Gasteiger partial charge in [0.15, 0.2) is 23.0 Å². The molecule has 13 heteroatoms. The van der Waals surface area contributed by atoms with Gasteiger partial charge in [-0.15, -0.1) is 20.4 Å². The van der Waals surface area contributed by atoms with Crippen LogP contribution in [0.3, 0.4) is 0 Å². The summed E-state index contributed by atoms with van der Waals surface area (Å²) in [6, 6.07) is 11.8. The van der Waals surface area contributed by atoms with Crippen molar-refractivity contribution in [1.29, 1.82) is 0 Å². The lowest BCUT2D eigenvalue weighted by Crippen LogP contribution is -2.35. The number of benzene rings is 1.